The molecule has 0 atom stereocenters. The molecule has 2 N–H and O–H groups in total. The molecule has 0 aromatic heterocycles. The summed E-state index contributed by atoms with van der Waals surface area (Å²) in [5, 5.41) is 0. The van der Waals surface area contributed by atoms with Crippen LogP contribution in [0.3, 0.4) is 0 Å². The molecule has 14 heteroatoms. The van der Waals surface area contributed by atoms with Crippen molar-refractivity contribution in [3.8, 4) is 5.75 Å². The Bertz CT molecular complexity index is 1220. The fraction of sp³-hybridized carbons (Fsp3) is 0.292. The number of nitrogens with two attached hydrogens (primary N) is 1. The van der Waals surface area contributed by atoms with Crippen molar-refractivity contribution in [2.75, 3.05) is 32.6 Å². The molecule has 2 amide bonds. The summed E-state index contributed by atoms with van der Waals surface area (Å²) in [6.45, 7) is -0.151. The average molecular weight is 548 g/mol. The highest BCUT2D eigenvalue weighted by Gasteiger charge is 2.41. The van der Waals surface area contributed by atoms with Gasteiger partial charge in [-0.15, -0.1) is 0 Å². The quantitative estimate of drug-likeness (QED) is 0.374. The van der Waals surface area contributed by atoms with Crippen LogP contribution in [-0.2, 0) is 17.1 Å². The van der Waals surface area contributed by atoms with E-state index < -0.39 is 52.3 Å². The van der Waals surface area contributed by atoms with E-state index >= 15 is 0 Å². The monoisotopic (exact) mass is 548 g/mol. The molecule has 0 heterocycles. The zero-order valence-electron chi connectivity index (χ0n) is 20.3. The number of rotatable bonds is 7. The van der Waals surface area contributed by atoms with Crippen LogP contribution in [0.1, 0.15) is 23.1 Å². The Hall–Kier alpha value is -4.10. The van der Waals surface area contributed by atoms with Crippen LogP contribution >= 0.6 is 0 Å². The van der Waals surface area contributed by atoms with Crippen LogP contribution in [0.2, 0.25) is 0 Å². The van der Waals surface area contributed by atoms with Crippen molar-refractivity contribution in [3.63, 3.8) is 0 Å². The second-order valence-electron chi connectivity index (χ2n) is 7.99. The minimum atomic E-state index is -5.38. The van der Waals surface area contributed by atoms with Crippen LogP contribution in [-0.4, -0.2) is 50.8 Å². The summed E-state index contributed by atoms with van der Waals surface area (Å²) >= 11 is 0. The van der Waals surface area contributed by atoms with Gasteiger partial charge in [-0.2, -0.15) is 26.3 Å². The first-order valence-electron chi connectivity index (χ1n) is 10.7. The van der Waals surface area contributed by atoms with Crippen molar-refractivity contribution in [2.45, 2.75) is 18.8 Å². The summed E-state index contributed by atoms with van der Waals surface area (Å²) in [4.78, 5) is 30.3. The Morgan fingerprint density at radius 2 is 1.61 bits per heavy atom. The van der Waals surface area contributed by atoms with Crippen LogP contribution in [0, 0.1) is 5.82 Å². The van der Waals surface area contributed by atoms with E-state index in [4.69, 9.17) is 10.5 Å². The summed E-state index contributed by atoms with van der Waals surface area (Å²) in [5.74, 6) is -2.22. The van der Waals surface area contributed by atoms with E-state index in [1.54, 1.807) is 0 Å². The molecule has 0 spiro atoms. The van der Waals surface area contributed by atoms with Crippen LogP contribution in [0.25, 0.3) is 5.57 Å². The van der Waals surface area contributed by atoms with Gasteiger partial charge in [0.05, 0.1) is 11.1 Å². The van der Waals surface area contributed by atoms with Crippen LogP contribution in [0.15, 0.2) is 47.6 Å². The van der Waals surface area contributed by atoms with E-state index in [0.717, 1.165) is 42.4 Å². The minimum Gasteiger partial charge on any atom is -0.409 e. The normalized spacial score (nSPS) is 12.5. The Morgan fingerprint density at radius 1 is 1.00 bits per heavy atom. The number of aliphatic imine (C=N–C) groups is 1. The van der Waals surface area contributed by atoms with Gasteiger partial charge in [0.2, 0.25) is 5.91 Å². The number of benzene rings is 2. The zero-order valence-corrected chi connectivity index (χ0v) is 20.3. The molecule has 0 unspecified atom stereocenters. The van der Waals surface area contributed by atoms with Gasteiger partial charge < -0.3 is 15.4 Å². The Balaban J connectivity index is 2.61. The van der Waals surface area contributed by atoms with Crippen LogP contribution < -0.4 is 15.4 Å². The summed E-state index contributed by atoms with van der Waals surface area (Å²) in [6, 6.07) is 4.40. The lowest BCUT2D eigenvalue weighted by Gasteiger charge is -2.22. The molecule has 0 aliphatic rings. The third-order valence-electron chi connectivity index (χ3n) is 5.07. The van der Waals surface area contributed by atoms with Gasteiger partial charge in [0.25, 0.3) is 0 Å². The Morgan fingerprint density at radius 3 is 2.11 bits per heavy atom. The first-order valence-corrected chi connectivity index (χ1v) is 10.7. The standard InChI is InChI=1S/C24H23F7N4O3/c1-34(2)20(36)8-9-33-13-14(12-32)18-10-15(23(26,27)28)11-19(24(29,30)31)21(18)38-22(37)35(3)17-6-4-16(25)5-7-17/h4-7,10-13H,8-9,32H2,1-3H3/b14-12+,33-13?. The molecule has 0 bridgehead atoms. The van der Waals surface area contributed by atoms with Crippen molar-refractivity contribution in [1.82, 2.24) is 4.90 Å². The molecule has 0 saturated carbocycles. The number of carbonyl (C=O) groups excluding carboxylic acids is 2. The number of hydrogen-bond acceptors (Lipinski definition) is 5. The van der Waals surface area contributed by atoms with Crippen molar-refractivity contribution < 1.29 is 45.1 Å². The summed E-state index contributed by atoms with van der Waals surface area (Å²) in [5.41, 5.74) is 0.700. The molecule has 206 valence electrons. The predicted octanol–water partition coefficient (Wildman–Crippen LogP) is 5.35. The number of carbonyl (C=O) groups is 2. The van der Waals surface area contributed by atoms with Crippen LogP contribution in [0.5, 0.6) is 5.75 Å². The number of halogens is 7. The molecule has 0 aliphatic carbocycles. The first-order chi connectivity index (χ1) is 17.6. The highest BCUT2D eigenvalue weighted by atomic mass is 19.4. The fourth-order valence-electron chi connectivity index (χ4n) is 3.00. The van der Waals surface area contributed by atoms with Crippen LogP contribution in [0.4, 0.5) is 41.2 Å². The van der Waals surface area contributed by atoms with Crippen molar-refractivity contribution in [1.29, 1.82) is 0 Å². The summed E-state index contributed by atoms with van der Waals surface area (Å²) < 4.78 is 100. The lowest BCUT2D eigenvalue weighted by molar-refractivity contribution is -0.143. The van der Waals surface area contributed by atoms with Gasteiger partial charge in [-0.3, -0.25) is 14.7 Å². The molecule has 38 heavy (non-hydrogen) atoms. The van der Waals surface area contributed by atoms with Gasteiger partial charge in [-0.05, 0) is 36.4 Å². The van der Waals surface area contributed by atoms with Crippen molar-refractivity contribution in [2.24, 2.45) is 10.7 Å². The largest absolute Gasteiger partial charge is 0.420 e. The summed E-state index contributed by atoms with van der Waals surface area (Å²) in [7, 11) is 4.08. The maximum Gasteiger partial charge on any atom is 0.420 e. The molecule has 2 rings (SSSR count). The Kier molecular flexibility index (Phi) is 9.48. The van der Waals surface area contributed by atoms with Gasteiger partial charge in [0.1, 0.15) is 5.82 Å². The predicted molar refractivity (Wildman–Crippen MR) is 126 cm³/mol. The van der Waals surface area contributed by atoms with E-state index in [1.165, 1.54) is 19.0 Å². The summed E-state index contributed by atoms with van der Waals surface area (Å²) in [6.07, 6.45) is -10.5. The average Bonchev–Trinajstić information content (AvgIpc) is 2.82. The van der Waals surface area contributed by atoms with Gasteiger partial charge in [-0.25, -0.2) is 9.18 Å². The molecule has 7 nitrogen and oxygen atoms in total. The topological polar surface area (TPSA) is 88.2 Å². The molecule has 0 saturated heterocycles. The van der Waals surface area contributed by atoms with Crippen molar-refractivity contribution in [3.05, 3.63) is 65.1 Å². The van der Waals surface area contributed by atoms with E-state index in [0.29, 0.717) is 12.3 Å². The smallest absolute Gasteiger partial charge is 0.409 e. The number of allylic oxidation sites excluding steroid dienone is 1. The number of ether oxygens (including phenoxy) is 1. The third kappa shape index (κ3) is 7.70. The minimum absolute atomic E-state index is 0.0279. The molecule has 2 aromatic rings. The molecule has 2 aromatic carbocycles. The van der Waals surface area contributed by atoms with Gasteiger partial charge in [0, 0.05) is 63.3 Å². The van der Waals surface area contributed by atoms with Gasteiger partial charge in [0.15, 0.2) is 5.75 Å². The number of anilines is 1. The molecule has 0 fully saturated rings. The lowest BCUT2D eigenvalue weighted by Crippen LogP contribution is -2.30. The number of nitrogens with zero attached hydrogens (tertiary/aromatic N) is 3. The Labute approximate surface area is 213 Å². The number of hydrogen-bond donors (Lipinski definition) is 1. The third-order valence-corrected chi connectivity index (χ3v) is 5.07. The van der Waals surface area contributed by atoms with E-state index in [-0.39, 0.29) is 30.6 Å². The molecular weight excluding hydrogens is 525 g/mol. The van der Waals surface area contributed by atoms with E-state index in [2.05, 4.69) is 4.99 Å². The second-order valence-corrected chi connectivity index (χ2v) is 7.99. The lowest BCUT2D eigenvalue weighted by atomic mass is 9.98. The van der Waals surface area contributed by atoms with Crippen molar-refractivity contribution >= 4 is 29.5 Å². The number of amides is 2. The maximum absolute atomic E-state index is 13.9. The van der Waals surface area contributed by atoms with Gasteiger partial charge in [-0.1, -0.05) is 0 Å². The SMILES string of the molecule is CN(C)C(=O)CCN=C/C(=C\N)c1cc(C(F)(F)F)cc(C(F)(F)F)c1OC(=O)N(C)c1ccc(F)cc1. The highest BCUT2D eigenvalue weighted by Crippen LogP contribution is 2.44. The second kappa shape index (κ2) is 12.0. The zero-order chi connectivity index (χ0) is 28.8. The fourth-order valence-corrected chi connectivity index (χ4v) is 3.00. The first kappa shape index (κ1) is 30.1. The van der Waals surface area contributed by atoms with Gasteiger partial charge >= 0.3 is 18.4 Å². The molecular formula is C24H23F7N4O3. The highest BCUT2D eigenvalue weighted by molar-refractivity contribution is 6.11. The van der Waals surface area contributed by atoms with E-state index in [9.17, 15) is 40.3 Å². The number of alkyl halides is 6. The maximum atomic E-state index is 13.9. The van der Waals surface area contributed by atoms with E-state index in [1.807, 2.05) is 0 Å². The molecule has 0 radical (unpaired) electrons. The molecule has 0 aliphatic heterocycles.